The summed E-state index contributed by atoms with van der Waals surface area (Å²) in [6, 6.07) is 0. The molecule has 0 aliphatic heterocycles. The van der Waals surface area contributed by atoms with Crippen LogP contribution >= 0.6 is 15.6 Å². The van der Waals surface area contributed by atoms with Gasteiger partial charge in [0.05, 0.1) is 15.6 Å². The van der Waals surface area contributed by atoms with Crippen molar-refractivity contribution in [3.63, 3.8) is 0 Å². The Morgan fingerprint density at radius 3 is 1.14 bits per heavy atom. The molecule has 0 unspecified atom stereocenters. The molecule has 0 fully saturated rings. The summed E-state index contributed by atoms with van der Waals surface area (Å²) in [4.78, 5) is 37.3. The van der Waals surface area contributed by atoms with E-state index in [2.05, 4.69) is 18.2 Å². The van der Waals surface area contributed by atoms with E-state index in [4.69, 9.17) is 4.74 Å². The summed E-state index contributed by atoms with van der Waals surface area (Å²) in [6.07, 6.45) is 4.91. The van der Waals surface area contributed by atoms with Gasteiger partial charge in [-0.15, -0.1) is 0 Å². The van der Waals surface area contributed by atoms with Crippen molar-refractivity contribution in [1.82, 2.24) is 0 Å². The Labute approximate surface area is 302 Å². The maximum atomic E-state index is 9.32. The first-order chi connectivity index (χ1) is 8.12. The molecule has 0 aromatic carbocycles. The zero-order valence-electron chi connectivity index (χ0n) is 14.4. The molecule has 0 aromatic rings. The third-order valence-electron chi connectivity index (χ3n) is 1.48. The molecule has 14 heteroatoms. The van der Waals surface area contributed by atoms with Gasteiger partial charge in [0.15, 0.2) is 0 Å². The Morgan fingerprint density at radius 2 is 1.00 bits per heavy atom. The normalized spacial score (nSPS) is 9.73. The zero-order valence-corrected chi connectivity index (χ0v) is 28.7. The van der Waals surface area contributed by atoms with Gasteiger partial charge in [-0.2, -0.15) is 0 Å². The number of phosphoric acid groups is 2. The third-order valence-corrected chi connectivity index (χ3v) is 3.08. The molecule has 0 atom stereocenters. The Bertz CT molecular complexity index is 259. The van der Waals surface area contributed by atoms with E-state index in [0.717, 1.165) is 13.2 Å². The fourth-order valence-electron chi connectivity index (χ4n) is 0.717. The summed E-state index contributed by atoms with van der Waals surface area (Å²) < 4.78 is 26.5. The average molecular weight is 461 g/mol. The van der Waals surface area contributed by atoms with Crippen molar-refractivity contribution < 1.29 is 243 Å². The Morgan fingerprint density at radius 1 is 0.727 bits per heavy atom. The fourth-order valence-corrected chi connectivity index (χ4v) is 1.70. The molecular weight excluding hydrogens is 442 g/mol. The molecule has 0 radical (unpaired) electrons. The van der Waals surface area contributed by atoms with Gasteiger partial charge in [-0.05, 0) is 12.8 Å². The van der Waals surface area contributed by atoms with Gasteiger partial charge >= 0.3 is 206 Å². The van der Waals surface area contributed by atoms with Crippen molar-refractivity contribution >= 4 is 15.6 Å². The Hall–Kier alpha value is 6.77. The SMILES string of the molecule is CCCCOCCCC.O=P([O-])([O-])OP(=O)([O-])[O-].[K+].[K+].[K+].[K+]. The predicted octanol–water partition coefficient (Wildman–Crippen LogP) is -12.7. The van der Waals surface area contributed by atoms with Gasteiger partial charge in [0.1, 0.15) is 0 Å². The molecule has 0 aliphatic carbocycles. The standard InChI is InChI=1S/C8H18O.4K.H4O7P2/c1-3-5-7-9-8-6-4-2;;;;;1-8(2,3)7-9(4,5)6/h3-8H2,1-2H3;;;;;(H2,1,2,3)(H2,4,5,6)/q;4*+1;/p-4. The second-order valence-corrected chi connectivity index (χ2v) is 5.74. The molecule has 0 aromatic heterocycles. The molecular formula is C8H18K4O8P2. The molecule has 112 valence electrons. The molecule has 0 spiro atoms. The maximum Gasteiger partial charge on any atom is 1.00 e. The number of ether oxygens (including phenoxy) is 1. The monoisotopic (exact) mass is 460 g/mol. The van der Waals surface area contributed by atoms with Crippen LogP contribution in [0.4, 0.5) is 0 Å². The molecule has 8 nitrogen and oxygen atoms in total. The van der Waals surface area contributed by atoms with Crippen LogP contribution in [0.3, 0.4) is 0 Å². The largest absolute Gasteiger partial charge is 1.00 e. The van der Waals surface area contributed by atoms with Crippen LogP contribution in [-0.4, -0.2) is 13.2 Å². The van der Waals surface area contributed by atoms with Crippen molar-refractivity contribution in [3.8, 4) is 0 Å². The number of rotatable bonds is 8. The van der Waals surface area contributed by atoms with E-state index in [1.54, 1.807) is 0 Å². The summed E-state index contributed by atoms with van der Waals surface area (Å²) in [5.41, 5.74) is 0. The average Bonchev–Trinajstić information content (AvgIpc) is 2.13. The van der Waals surface area contributed by atoms with Crippen molar-refractivity contribution in [1.29, 1.82) is 0 Å². The number of hydrogen-bond acceptors (Lipinski definition) is 8. The first-order valence-corrected chi connectivity index (χ1v) is 8.37. The van der Waals surface area contributed by atoms with Gasteiger partial charge in [-0.25, -0.2) is 0 Å². The van der Waals surface area contributed by atoms with Crippen LogP contribution < -0.4 is 225 Å². The van der Waals surface area contributed by atoms with Crippen LogP contribution in [0.25, 0.3) is 0 Å². The van der Waals surface area contributed by atoms with Crippen LogP contribution in [0.2, 0.25) is 0 Å². The van der Waals surface area contributed by atoms with E-state index < -0.39 is 15.6 Å². The minimum absolute atomic E-state index is 0. The van der Waals surface area contributed by atoms with Gasteiger partial charge < -0.3 is 37.8 Å². The summed E-state index contributed by atoms with van der Waals surface area (Å²) in [7, 11) is -11.4. The van der Waals surface area contributed by atoms with Gasteiger partial charge in [-0.3, -0.25) is 0 Å². The first-order valence-electron chi connectivity index (χ1n) is 5.45. The zero-order chi connectivity index (χ0) is 14.7. The van der Waals surface area contributed by atoms with E-state index in [9.17, 15) is 28.7 Å². The maximum absolute atomic E-state index is 9.32. The molecule has 0 rings (SSSR count). The van der Waals surface area contributed by atoms with Crippen molar-refractivity contribution in [2.45, 2.75) is 39.5 Å². The quantitative estimate of drug-likeness (QED) is 0.197. The van der Waals surface area contributed by atoms with Gasteiger partial charge in [-0.1, -0.05) is 26.7 Å². The molecule has 0 amide bonds. The van der Waals surface area contributed by atoms with E-state index in [1.807, 2.05) is 0 Å². The smallest absolute Gasteiger partial charge is 0.790 e. The van der Waals surface area contributed by atoms with Gasteiger partial charge in [0.25, 0.3) is 0 Å². The molecule has 0 N–H and O–H groups in total. The first kappa shape index (κ1) is 42.8. The summed E-state index contributed by atoms with van der Waals surface area (Å²) in [5.74, 6) is 0. The van der Waals surface area contributed by atoms with Crippen LogP contribution in [0.1, 0.15) is 39.5 Å². The van der Waals surface area contributed by atoms with Crippen molar-refractivity contribution in [3.05, 3.63) is 0 Å². The van der Waals surface area contributed by atoms with E-state index in [-0.39, 0.29) is 206 Å². The summed E-state index contributed by atoms with van der Waals surface area (Å²) >= 11 is 0. The fraction of sp³-hybridized carbons (Fsp3) is 1.00. The van der Waals surface area contributed by atoms with E-state index >= 15 is 0 Å². The third kappa shape index (κ3) is 50.5. The summed E-state index contributed by atoms with van der Waals surface area (Å²) in [6.45, 7) is 6.28. The van der Waals surface area contributed by atoms with Gasteiger partial charge in [0, 0.05) is 13.2 Å². The van der Waals surface area contributed by atoms with Crippen molar-refractivity contribution in [2.75, 3.05) is 13.2 Å². The number of unbranched alkanes of at least 4 members (excludes halogenated alkanes) is 2. The van der Waals surface area contributed by atoms with Crippen molar-refractivity contribution in [2.24, 2.45) is 0 Å². The molecule has 0 heterocycles. The Balaban J connectivity index is -0.0000000492. The minimum atomic E-state index is -5.68. The molecule has 0 aliphatic rings. The van der Waals surface area contributed by atoms with E-state index in [0.29, 0.717) is 0 Å². The van der Waals surface area contributed by atoms with Crippen LogP contribution in [0.5, 0.6) is 0 Å². The minimum Gasteiger partial charge on any atom is -0.790 e. The molecule has 0 saturated carbocycles. The molecule has 22 heavy (non-hydrogen) atoms. The molecule has 0 bridgehead atoms. The van der Waals surface area contributed by atoms with E-state index in [1.165, 1.54) is 25.7 Å². The second-order valence-electron chi connectivity index (χ2n) is 3.30. The topological polar surface area (TPSA) is 145 Å². The van der Waals surface area contributed by atoms with Crippen LogP contribution in [-0.2, 0) is 18.2 Å². The van der Waals surface area contributed by atoms with Crippen LogP contribution in [0.15, 0.2) is 0 Å². The van der Waals surface area contributed by atoms with Gasteiger partial charge in [0.2, 0.25) is 0 Å². The second kappa shape index (κ2) is 27.8. The van der Waals surface area contributed by atoms with Crippen LogP contribution in [0, 0.1) is 0 Å². The number of hydrogen-bond donors (Lipinski definition) is 0. The summed E-state index contributed by atoms with van der Waals surface area (Å²) in [5, 5.41) is 0. The molecule has 0 saturated heterocycles. The predicted molar refractivity (Wildman–Crippen MR) is 56.9 cm³/mol. The Kier molecular flexibility index (Phi) is 54.0.